The highest BCUT2D eigenvalue weighted by Gasteiger charge is 2.59. The van der Waals surface area contributed by atoms with Crippen LogP contribution < -0.4 is 0 Å². The van der Waals surface area contributed by atoms with Gasteiger partial charge in [0.2, 0.25) is 11.8 Å². The van der Waals surface area contributed by atoms with E-state index in [0.29, 0.717) is 44.1 Å². The molecule has 2 fully saturated rings. The molecule has 1 saturated heterocycles. The molecule has 138 valence electrons. The molecule has 1 saturated carbocycles. The van der Waals surface area contributed by atoms with Crippen LogP contribution in [0.1, 0.15) is 64.6 Å². The number of aryl methyl sites for hydroxylation is 1. The normalized spacial score (nSPS) is 22.2. The second-order valence-corrected chi connectivity index (χ2v) is 8.45. The predicted molar refractivity (Wildman–Crippen MR) is 89.9 cm³/mol. The number of carbonyl (C=O) groups excluding carboxylic acids is 1. The zero-order valence-electron chi connectivity index (χ0n) is 15.2. The molecule has 2 aliphatic rings. The van der Waals surface area contributed by atoms with Crippen LogP contribution in [0.2, 0.25) is 0 Å². The maximum Gasteiger partial charge on any atom is 0.307 e. The lowest BCUT2D eigenvalue weighted by Crippen LogP contribution is -2.39. The molecule has 0 bridgehead atoms. The number of hydrogen-bond acceptors (Lipinski definition) is 5. The minimum atomic E-state index is -0.686. The molecule has 25 heavy (non-hydrogen) atoms. The molecule has 1 N–H and O–H groups in total. The van der Waals surface area contributed by atoms with Gasteiger partial charge in [-0.25, -0.2) is 0 Å². The van der Waals surface area contributed by atoms with Gasteiger partial charge >= 0.3 is 5.97 Å². The van der Waals surface area contributed by atoms with Crippen LogP contribution in [0.5, 0.6) is 0 Å². The van der Waals surface area contributed by atoms with Crippen molar-refractivity contribution in [2.75, 3.05) is 13.1 Å². The summed E-state index contributed by atoms with van der Waals surface area (Å²) in [5.74, 6) is 0.524. The van der Waals surface area contributed by atoms with Crippen molar-refractivity contribution in [3.05, 3.63) is 11.7 Å². The number of carboxylic acids is 1. The van der Waals surface area contributed by atoms with Gasteiger partial charge in [-0.3, -0.25) is 9.59 Å². The Kier molecular flexibility index (Phi) is 4.60. The molecule has 1 unspecified atom stereocenters. The highest BCUT2D eigenvalue weighted by Crippen LogP contribution is 2.59. The number of rotatable bonds is 5. The van der Waals surface area contributed by atoms with Gasteiger partial charge in [0.1, 0.15) is 0 Å². The Hall–Kier alpha value is -1.92. The fourth-order valence-electron chi connectivity index (χ4n) is 3.66. The molecule has 1 aromatic heterocycles. The molecule has 3 rings (SSSR count). The van der Waals surface area contributed by atoms with Crippen molar-refractivity contribution in [2.24, 2.45) is 11.3 Å². The number of aliphatic carboxylic acids is 1. The lowest BCUT2D eigenvalue weighted by Gasteiger charge is -2.32. The van der Waals surface area contributed by atoms with Gasteiger partial charge in [0.05, 0.1) is 5.92 Å². The molecular formula is C18H27N3O4. The fourth-order valence-corrected chi connectivity index (χ4v) is 3.66. The van der Waals surface area contributed by atoms with Crippen molar-refractivity contribution in [2.45, 2.75) is 64.7 Å². The van der Waals surface area contributed by atoms with Gasteiger partial charge in [-0.15, -0.1) is 0 Å². The standard InChI is InChI=1S/C18H27N3O4/c1-17(2,3)16-19-13(25-20-16)5-4-6-14(22)21-9-7-18(8-10-21)11-12(18)15(23)24/h12H,4-11H2,1-3H3,(H,23,24). The monoisotopic (exact) mass is 349 g/mol. The zero-order valence-corrected chi connectivity index (χ0v) is 15.2. The first-order chi connectivity index (χ1) is 11.7. The Balaban J connectivity index is 1.40. The van der Waals surface area contributed by atoms with Crippen LogP contribution in [0.3, 0.4) is 0 Å². The van der Waals surface area contributed by atoms with Gasteiger partial charge in [-0.2, -0.15) is 4.98 Å². The summed E-state index contributed by atoms with van der Waals surface area (Å²) in [6, 6.07) is 0. The Bertz CT molecular complexity index is 654. The van der Waals surface area contributed by atoms with Crippen molar-refractivity contribution in [3.8, 4) is 0 Å². The molecule has 0 radical (unpaired) electrons. The summed E-state index contributed by atoms with van der Waals surface area (Å²) in [7, 11) is 0. The smallest absolute Gasteiger partial charge is 0.307 e. The molecule has 7 heteroatoms. The maximum atomic E-state index is 12.3. The van der Waals surface area contributed by atoms with E-state index in [1.807, 2.05) is 25.7 Å². The number of aromatic nitrogens is 2. The van der Waals surface area contributed by atoms with Crippen LogP contribution in [0.15, 0.2) is 4.52 Å². The number of piperidine rings is 1. The van der Waals surface area contributed by atoms with Gasteiger partial charge in [-0.05, 0) is 31.1 Å². The van der Waals surface area contributed by atoms with Gasteiger partial charge < -0.3 is 14.5 Å². The minimum absolute atomic E-state index is 0.0320. The molecule has 1 aromatic rings. The molecule has 1 aliphatic heterocycles. The van der Waals surface area contributed by atoms with Crippen LogP contribution in [-0.4, -0.2) is 45.1 Å². The Morgan fingerprint density at radius 2 is 2.00 bits per heavy atom. The Morgan fingerprint density at radius 1 is 1.32 bits per heavy atom. The van der Waals surface area contributed by atoms with Crippen LogP contribution >= 0.6 is 0 Å². The molecule has 1 amide bonds. The summed E-state index contributed by atoms with van der Waals surface area (Å²) in [6.07, 6.45) is 4.15. The molecule has 1 spiro atoms. The van der Waals surface area contributed by atoms with E-state index in [1.54, 1.807) is 0 Å². The number of amides is 1. The van der Waals surface area contributed by atoms with Crippen LogP contribution in [0, 0.1) is 11.3 Å². The molecule has 1 atom stereocenters. The van der Waals surface area contributed by atoms with E-state index in [4.69, 9.17) is 9.63 Å². The van der Waals surface area contributed by atoms with Gasteiger partial charge in [0.15, 0.2) is 5.82 Å². The van der Waals surface area contributed by atoms with Gasteiger partial charge in [0, 0.05) is 31.3 Å². The van der Waals surface area contributed by atoms with Gasteiger partial charge in [0.25, 0.3) is 0 Å². The average molecular weight is 349 g/mol. The number of hydrogen-bond donors (Lipinski definition) is 1. The number of carbonyl (C=O) groups is 2. The summed E-state index contributed by atoms with van der Waals surface area (Å²) in [5.41, 5.74) is -0.173. The molecular weight excluding hydrogens is 322 g/mol. The summed E-state index contributed by atoms with van der Waals surface area (Å²) in [5, 5.41) is 13.1. The van der Waals surface area contributed by atoms with Crippen molar-refractivity contribution in [1.82, 2.24) is 15.0 Å². The third-order valence-corrected chi connectivity index (χ3v) is 5.52. The average Bonchev–Trinajstić information content (AvgIpc) is 3.02. The quantitative estimate of drug-likeness (QED) is 0.877. The Morgan fingerprint density at radius 3 is 2.52 bits per heavy atom. The first-order valence-corrected chi connectivity index (χ1v) is 9.05. The van der Waals surface area contributed by atoms with Crippen molar-refractivity contribution in [3.63, 3.8) is 0 Å². The first kappa shape index (κ1) is 17.9. The van der Waals surface area contributed by atoms with E-state index in [1.165, 1.54) is 0 Å². The maximum absolute atomic E-state index is 12.3. The fraction of sp³-hybridized carbons (Fsp3) is 0.778. The van der Waals surface area contributed by atoms with Crippen LogP contribution in [0.25, 0.3) is 0 Å². The van der Waals surface area contributed by atoms with E-state index >= 15 is 0 Å². The zero-order chi connectivity index (χ0) is 18.2. The molecule has 1 aliphatic carbocycles. The summed E-state index contributed by atoms with van der Waals surface area (Å²) < 4.78 is 5.25. The topological polar surface area (TPSA) is 96.5 Å². The second kappa shape index (κ2) is 6.42. The number of likely N-dealkylation sites (tertiary alicyclic amines) is 1. The minimum Gasteiger partial charge on any atom is -0.481 e. The lowest BCUT2D eigenvalue weighted by atomic mass is 9.90. The number of carboxylic acid groups (broad SMARTS) is 1. The third kappa shape index (κ3) is 3.85. The van der Waals surface area contributed by atoms with Crippen molar-refractivity contribution in [1.29, 1.82) is 0 Å². The summed E-state index contributed by atoms with van der Waals surface area (Å²) in [4.78, 5) is 29.7. The summed E-state index contributed by atoms with van der Waals surface area (Å²) >= 11 is 0. The van der Waals surface area contributed by atoms with Crippen molar-refractivity contribution >= 4 is 11.9 Å². The van der Waals surface area contributed by atoms with E-state index in [2.05, 4.69) is 10.1 Å². The van der Waals surface area contributed by atoms with E-state index in [0.717, 1.165) is 19.3 Å². The summed E-state index contributed by atoms with van der Waals surface area (Å²) in [6.45, 7) is 7.45. The van der Waals surface area contributed by atoms with E-state index in [-0.39, 0.29) is 22.7 Å². The lowest BCUT2D eigenvalue weighted by molar-refractivity contribution is -0.139. The SMILES string of the molecule is CC(C)(C)c1noc(CCCC(=O)N2CCC3(CC2)CC3C(=O)O)n1. The first-order valence-electron chi connectivity index (χ1n) is 9.05. The molecule has 0 aromatic carbocycles. The Labute approximate surface area is 147 Å². The van der Waals surface area contributed by atoms with E-state index in [9.17, 15) is 9.59 Å². The predicted octanol–water partition coefficient (Wildman–Crippen LogP) is 2.40. The highest BCUT2D eigenvalue weighted by molar-refractivity contribution is 5.77. The van der Waals surface area contributed by atoms with Crippen molar-refractivity contribution < 1.29 is 19.2 Å². The number of nitrogens with zero attached hydrogens (tertiary/aromatic N) is 3. The molecule has 7 nitrogen and oxygen atoms in total. The largest absolute Gasteiger partial charge is 0.481 e. The highest BCUT2D eigenvalue weighted by atomic mass is 16.5. The van der Waals surface area contributed by atoms with Crippen LogP contribution in [-0.2, 0) is 21.4 Å². The van der Waals surface area contributed by atoms with E-state index < -0.39 is 5.97 Å². The third-order valence-electron chi connectivity index (χ3n) is 5.52. The molecule has 2 heterocycles. The second-order valence-electron chi connectivity index (χ2n) is 8.45. The van der Waals surface area contributed by atoms with Gasteiger partial charge in [-0.1, -0.05) is 25.9 Å². The van der Waals surface area contributed by atoms with Crippen LogP contribution in [0.4, 0.5) is 0 Å².